The van der Waals surface area contributed by atoms with E-state index >= 15 is 0 Å². The molecule has 0 spiro atoms. The monoisotopic (exact) mass is 284 g/mol. The van der Waals surface area contributed by atoms with Crippen molar-refractivity contribution in [2.45, 2.75) is 64.8 Å². The Morgan fingerprint density at radius 1 is 1.30 bits per heavy atom. The molecular formula is C15H28N2O3. The summed E-state index contributed by atoms with van der Waals surface area (Å²) in [4.78, 5) is 24.9. The molecule has 1 aliphatic heterocycles. The van der Waals surface area contributed by atoms with Crippen molar-refractivity contribution in [3.8, 4) is 0 Å². The molecule has 1 fully saturated rings. The minimum Gasteiger partial charge on any atom is -0.481 e. The number of amides is 2. The molecule has 5 heteroatoms. The first-order chi connectivity index (χ1) is 9.58. The van der Waals surface area contributed by atoms with Gasteiger partial charge in [0.1, 0.15) is 0 Å². The molecule has 1 heterocycles. The van der Waals surface area contributed by atoms with Crippen LogP contribution in [-0.2, 0) is 4.79 Å². The number of aliphatic carboxylic acids is 1. The van der Waals surface area contributed by atoms with Crippen LogP contribution in [0.25, 0.3) is 0 Å². The van der Waals surface area contributed by atoms with E-state index in [0.29, 0.717) is 19.5 Å². The van der Waals surface area contributed by atoms with Crippen LogP contribution in [0.15, 0.2) is 0 Å². The molecule has 5 nitrogen and oxygen atoms in total. The second-order valence-corrected chi connectivity index (χ2v) is 5.70. The third-order valence-corrected chi connectivity index (χ3v) is 3.93. The molecule has 0 aromatic carbocycles. The first-order valence-electron chi connectivity index (χ1n) is 7.86. The summed E-state index contributed by atoms with van der Waals surface area (Å²) in [5.74, 6) is -1.20. The lowest BCUT2D eigenvalue weighted by Crippen LogP contribution is -2.49. The fourth-order valence-electron chi connectivity index (χ4n) is 2.72. The Bertz CT molecular complexity index is 320. The van der Waals surface area contributed by atoms with Gasteiger partial charge in [0.2, 0.25) is 0 Å². The summed E-state index contributed by atoms with van der Waals surface area (Å²) in [6, 6.07) is 0.128. The van der Waals surface area contributed by atoms with E-state index in [9.17, 15) is 9.59 Å². The Morgan fingerprint density at radius 3 is 2.65 bits per heavy atom. The van der Waals surface area contributed by atoms with Crippen molar-refractivity contribution in [2.24, 2.45) is 5.92 Å². The molecule has 0 aromatic heterocycles. The number of piperidine rings is 1. The molecule has 0 aromatic rings. The number of urea groups is 1. The van der Waals surface area contributed by atoms with Crippen molar-refractivity contribution in [3.63, 3.8) is 0 Å². The highest BCUT2D eigenvalue weighted by Crippen LogP contribution is 2.17. The van der Waals surface area contributed by atoms with Gasteiger partial charge < -0.3 is 15.3 Å². The van der Waals surface area contributed by atoms with Crippen molar-refractivity contribution < 1.29 is 14.7 Å². The number of carboxylic acids is 1. The Labute approximate surface area is 121 Å². The molecule has 2 atom stereocenters. The van der Waals surface area contributed by atoms with Crippen LogP contribution in [0.5, 0.6) is 0 Å². The molecule has 0 aliphatic carbocycles. The topological polar surface area (TPSA) is 69.6 Å². The summed E-state index contributed by atoms with van der Waals surface area (Å²) >= 11 is 0. The van der Waals surface area contributed by atoms with E-state index in [2.05, 4.69) is 19.2 Å². The van der Waals surface area contributed by atoms with E-state index in [-0.39, 0.29) is 12.1 Å². The Morgan fingerprint density at radius 2 is 2.05 bits per heavy atom. The lowest BCUT2D eigenvalue weighted by Gasteiger charge is -2.32. The zero-order valence-electron chi connectivity index (χ0n) is 12.7. The number of hydrogen-bond donors (Lipinski definition) is 2. The van der Waals surface area contributed by atoms with Crippen LogP contribution in [0.3, 0.4) is 0 Å². The summed E-state index contributed by atoms with van der Waals surface area (Å²) < 4.78 is 0. The highest BCUT2D eigenvalue weighted by atomic mass is 16.4. The molecule has 0 radical (unpaired) electrons. The Balaban J connectivity index is 2.48. The predicted molar refractivity (Wildman–Crippen MR) is 78.7 cm³/mol. The smallest absolute Gasteiger partial charge is 0.317 e. The van der Waals surface area contributed by atoms with Crippen LogP contribution in [0, 0.1) is 5.92 Å². The SMILES string of the molecule is CCCCC(CCC)NC(=O)N1CCC[C@H](C(=O)O)C1. The predicted octanol–water partition coefficient (Wildman–Crippen LogP) is 2.85. The number of carboxylic acid groups (broad SMARTS) is 1. The van der Waals surface area contributed by atoms with Crippen molar-refractivity contribution in [2.75, 3.05) is 13.1 Å². The van der Waals surface area contributed by atoms with Gasteiger partial charge in [0.25, 0.3) is 0 Å². The number of rotatable bonds is 7. The molecule has 2 N–H and O–H groups in total. The minimum absolute atomic E-state index is 0.0921. The van der Waals surface area contributed by atoms with Gasteiger partial charge in [0, 0.05) is 19.1 Å². The molecular weight excluding hydrogens is 256 g/mol. The number of likely N-dealkylation sites (tertiary alicyclic amines) is 1. The molecule has 0 bridgehead atoms. The van der Waals surface area contributed by atoms with Crippen LogP contribution in [0.4, 0.5) is 4.79 Å². The van der Waals surface area contributed by atoms with Crippen molar-refractivity contribution >= 4 is 12.0 Å². The van der Waals surface area contributed by atoms with E-state index < -0.39 is 11.9 Å². The average molecular weight is 284 g/mol. The zero-order chi connectivity index (χ0) is 15.0. The van der Waals surface area contributed by atoms with Gasteiger partial charge in [-0.2, -0.15) is 0 Å². The number of hydrogen-bond acceptors (Lipinski definition) is 2. The van der Waals surface area contributed by atoms with Gasteiger partial charge in [-0.3, -0.25) is 4.79 Å². The normalized spacial score (nSPS) is 20.5. The van der Waals surface area contributed by atoms with Crippen molar-refractivity contribution in [1.29, 1.82) is 0 Å². The molecule has 20 heavy (non-hydrogen) atoms. The second-order valence-electron chi connectivity index (χ2n) is 5.70. The first-order valence-corrected chi connectivity index (χ1v) is 7.86. The number of carbonyl (C=O) groups is 2. The molecule has 1 rings (SSSR count). The third kappa shape index (κ3) is 5.39. The molecule has 0 saturated carbocycles. The van der Waals surface area contributed by atoms with Gasteiger partial charge >= 0.3 is 12.0 Å². The van der Waals surface area contributed by atoms with Crippen molar-refractivity contribution in [3.05, 3.63) is 0 Å². The van der Waals surface area contributed by atoms with Crippen LogP contribution >= 0.6 is 0 Å². The maximum absolute atomic E-state index is 12.2. The highest BCUT2D eigenvalue weighted by Gasteiger charge is 2.28. The third-order valence-electron chi connectivity index (χ3n) is 3.93. The van der Waals surface area contributed by atoms with E-state index in [4.69, 9.17) is 5.11 Å². The minimum atomic E-state index is -0.793. The Kier molecular flexibility index (Phi) is 7.41. The zero-order valence-corrected chi connectivity index (χ0v) is 12.7. The summed E-state index contributed by atoms with van der Waals surface area (Å²) in [5, 5.41) is 12.1. The molecule has 1 saturated heterocycles. The van der Waals surface area contributed by atoms with Gasteiger partial charge in [0.05, 0.1) is 5.92 Å². The fraction of sp³-hybridized carbons (Fsp3) is 0.867. The van der Waals surface area contributed by atoms with Crippen LogP contribution < -0.4 is 5.32 Å². The van der Waals surface area contributed by atoms with E-state index in [1.807, 2.05) is 0 Å². The van der Waals surface area contributed by atoms with E-state index in [1.165, 1.54) is 0 Å². The van der Waals surface area contributed by atoms with Crippen LogP contribution in [0.2, 0.25) is 0 Å². The van der Waals surface area contributed by atoms with Gasteiger partial charge in [0.15, 0.2) is 0 Å². The summed E-state index contributed by atoms with van der Waals surface area (Å²) in [6.45, 7) is 5.27. The van der Waals surface area contributed by atoms with Gasteiger partial charge in [-0.25, -0.2) is 4.79 Å². The van der Waals surface area contributed by atoms with Gasteiger partial charge in [-0.05, 0) is 25.7 Å². The lowest BCUT2D eigenvalue weighted by molar-refractivity contribution is -0.143. The molecule has 1 unspecified atom stereocenters. The van der Waals surface area contributed by atoms with E-state index in [0.717, 1.165) is 38.5 Å². The first kappa shape index (κ1) is 16.8. The maximum Gasteiger partial charge on any atom is 0.317 e. The van der Waals surface area contributed by atoms with Crippen LogP contribution in [0.1, 0.15) is 58.8 Å². The molecule has 2 amide bonds. The maximum atomic E-state index is 12.2. The Hall–Kier alpha value is -1.26. The second kappa shape index (κ2) is 8.82. The number of carbonyl (C=O) groups excluding carboxylic acids is 1. The van der Waals surface area contributed by atoms with Gasteiger partial charge in [-0.15, -0.1) is 0 Å². The van der Waals surface area contributed by atoms with Gasteiger partial charge in [-0.1, -0.05) is 33.1 Å². The lowest BCUT2D eigenvalue weighted by atomic mass is 9.98. The summed E-state index contributed by atoms with van der Waals surface area (Å²) in [6.07, 6.45) is 6.73. The highest BCUT2D eigenvalue weighted by molar-refractivity contribution is 5.76. The van der Waals surface area contributed by atoms with E-state index in [1.54, 1.807) is 4.90 Å². The largest absolute Gasteiger partial charge is 0.481 e. The number of nitrogens with one attached hydrogen (secondary N) is 1. The van der Waals surface area contributed by atoms with Crippen LogP contribution in [-0.4, -0.2) is 41.1 Å². The average Bonchev–Trinajstić information content (AvgIpc) is 2.45. The molecule has 1 aliphatic rings. The standard InChI is InChI=1S/C15H28N2O3/c1-3-5-9-13(7-4-2)16-15(20)17-10-6-8-12(11-17)14(18)19/h12-13H,3-11H2,1-2H3,(H,16,20)(H,18,19)/t12-,13?/m0/s1. The van der Waals surface area contributed by atoms with Crippen molar-refractivity contribution in [1.82, 2.24) is 10.2 Å². The fourth-order valence-corrected chi connectivity index (χ4v) is 2.72. The quantitative estimate of drug-likeness (QED) is 0.755. The summed E-state index contributed by atoms with van der Waals surface area (Å²) in [7, 11) is 0. The number of unbranched alkanes of at least 4 members (excludes halogenated alkanes) is 1. The molecule has 116 valence electrons. The number of nitrogens with zero attached hydrogens (tertiary/aromatic N) is 1. The summed E-state index contributed by atoms with van der Waals surface area (Å²) in [5.41, 5.74) is 0.